The van der Waals surface area contributed by atoms with Gasteiger partial charge in [0.05, 0.1) is 37.9 Å². The Balaban J connectivity index is 2.63. The molecule has 4 nitrogen and oxygen atoms in total. The fourth-order valence-electron chi connectivity index (χ4n) is 3.78. The number of ether oxygens (including phenoxy) is 1. The molecule has 0 spiro atoms. The molecule has 1 fully saturated rings. The number of alkyl halides is 6. The molecule has 0 aromatic rings. The Morgan fingerprint density at radius 3 is 2.08 bits per heavy atom. The topological polar surface area (TPSA) is 45.1 Å². The van der Waals surface area contributed by atoms with E-state index in [4.69, 9.17) is 4.74 Å². The van der Waals surface area contributed by atoms with Gasteiger partial charge in [-0.3, -0.25) is 5.01 Å². The minimum atomic E-state index is -5.90. The van der Waals surface area contributed by atoms with Crippen LogP contribution < -0.4 is 0 Å². The molecular formula is C16H22F6N2O2. The van der Waals surface area contributed by atoms with Crippen LogP contribution in [0, 0.1) is 11.3 Å². The summed E-state index contributed by atoms with van der Waals surface area (Å²) in [5.74, 6) is -2.29. The molecule has 0 bridgehead atoms. The Bertz CT molecular complexity index is 575. The van der Waals surface area contributed by atoms with Crippen molar-refractivity contribution in [1.29, 1.82) is 0 Å². The Labute approximate surface area is 147 Å². The Morgan fingerprint density at radius 1 is 1.12 bits per heavy atom. The third kappa shape index (κ3) is 3.71. The van der Waals surface area contributed by atoms with E-state index in [0.717, 1.165) is 0 Å². The number of rotatable bonds is 2. The number of allylic oxidation sites excluding steroid dienone is 2. The lowest BCUT2D eigenvalue weighted by Crippen LogP contribution is -2.67. The SMILES string of the molecule is CC1=CC(=NN2CCOCC2)C(C(O)(C(F)(F)F)C(F)(F)F)C(C)(C)C1. The average molecular weight is 388 g/mol. The molecule has 1 saturated heterocycles. The van der Waals surface area contributed by atoms with Gasteiger partial charge in [0.2, 0.25) is 0 Å². The highest BCUT2D eigenvalue weighted by atomic mass is 19.4. The second-order valence-corrected chi connectivity index (χ2v) is 7.44. The molecular weight excluding hydrogens is 366 g/mol. The van der Waals surface area contributed by atoms with E-state index in [2.05, 4.69) is 5.10 Å². The number of hydrazone groups is 1. The molecule has 2 aliphatic rings. The summed E-state index contributed by atoms with van der Waals surface area (Å²) in [7, 11) is 0. The number of hydrogen-bond acceptors (Lipinski definition) is 4. The van der Waals surface area contributed by atoms with Crippen molar-refractivity contribution in [3.8, 4) is 0 Å². The zero-order chi connectivity index (χ0) is 20.0. The van der Waals surface area contributed by atoms with Crippen LogP contribution in [0.3, 0.4) is 0 Å². The number of nitrogens with zero attached hydrogens (tertiary/aromatic N) is 2. The normalized spacial score (nSPS) is 26.8. The van der Waals surface area contributed by atoms with Gasteiger partial charge >= 0.3 is 12.4 Å². The Hall–Kier alpha value is -1.29. The van der Waals surface area contributed by atoms with Gasteiger partial charge in [-0.1, -0.05) is 19.4 Å². The summed E-state index contributed by atoms with van der Waals surface area (Å²) in [6.45, 7) is 5.23. The molecule has 2 rings (SSSR count). The third-order valence-corrected chi connectivity index (χ3v) is 4.73. The average Bonchev–Trinajstić information content (AvgIpc) is 2.43. The summed E-state index contributed by atoms with van der Waals surface area (Å²) < 4.78 is 86.1. The zero-order valence-electron chi connectivity index (χ0n) is 14.7. The quantitative estimate of drug-likeness (QED) is 0.737. The fraction of sp³-hybridized carbons (Fsp3) is 0.812. The molecule has 1 heterocycles. The Kier molecular flexibility index (Phi) is 5.42. The van der Waals surface area contributed by atoms with Crippen molar-refractivity contribution in [3.05, 3.63) is 11.6 Å². The zero-order valence-corrected chi connectivity index (χ0v) is 14.7. The van der Waals surface area contributed by atoms with Crippen molar-refractivity contribution in [2.24, 2.45) is 16.4 Å². The van der Waals surface area contributed by atoms with Crippen molar-refractivity contribution >= 4 is 5.71 Å². The molecule has 1 aliphatic heterocycles. The van der Waals surface area contributed by atoms with E-state index in [1.54, 1.807) is 6.92 Å². The van der Waals surface area contributed by atoms with E-state index in [0.29, 0.717) is 5.57 Å². The summed E-state index contributed by atoms with van der Waals surface area (Å²) in [6, 6.07) is 0. The van der Waals surface area contributed by atoms with Gasteiger partial charge in [0, 0.05) is 0 Å². The van der Waals surface area contributed by atoms with Gasteiger partial charge in [0.25, 0.3) is 5.60 Å². The monoisotopic (exact) mass is 388 g/mol. The molecule has 1 atom stereocenters. The minimum Gasteiger partial charge on any atom is -0.378 e. The van der Waals surface area contributed by atoms with Crippen molar-refractivity contribution in [1.82, 2.24) is 5.01 Å². The molecule has 10 heteroatoms. The van der Waals surface area contributed by atoms with Gasteiger partial charge in [-0.15, -0.1) is 0 Å². The van der Waals surface area contributed by atoms with E-state index < -0.39 is 35.0 Å². The van der Waals surface area contributed by atoms with E-state index >= 15 is 0 Å². The predicted molar refractivity (Wildman–Crippen MR) is 82.5 cm³/mol. The molecule has 0 aromatic heterocycles. The summed E-state index contributed by atoms with van der Waals surface area (Å²) in [5, 5.41) is 15.5. The fourth-order valence-corrected chi connectivity index (χ4v) is 3.78. The number of hydrogen-bond donors (Lipinski definition) is 1. The molecule has 1 unspecified atom stereocenters. The minimum absolute atomic E-state index is 0.0196. The summed E-state index contributed by atoms with van der Waals surface area (Å²) in [4.78, 5) is 0. The van der Waals surface area contributed by atoms with E-state index in [1.165, 1.54) is 24.9 Å². The lowest BCUT2D eigenvalue weighted by molar-refractivity contribution is -0.385. The molecule has 0 amide bonds. The summed E-state index contributed by atoms with van der Waals surface area (Å²) >= 11 is 0. The van der Waals surface area contributed by atoms with Crippen LogP contribution in [0.2, 0.25) is 0 Å². The van der Waals surface area contributed by atoms with Gasteiger partial charge in [-0.2, -0.15) is 31.4 Å². The maximum absolute atomic E-state index is 13.5. The number of aliphatic hydroxyl groups is 1. The standard InChI is InChI=1S/C16H22F6N2O2/c1-10-8-11(23-24-4-6-26-7-5-24)12(13(2,3)9-10)14(25,15(17,18)19)16(20,21)22/h8,12,25H,4-7,9H2,1-3H3. The first kappa shape index (κ1) is 21.0. The molecule has 1 aliphatic carbocycles. The Morgan fingerprint density at radius 2 is 1.62 bits per heavy atom. The maximum atomic E-state index is 13.5. The van der Waals surface area contributed by atoms with Crippen molar-refractivity contribution in [3.63, 3.8) is 0 Å². The summed E-state index contributed by atoms with van der Waals surface area (Å²) in [5.41, 5.74) is -6.22. The van der Waals surface area contributed by atoms with Gasteiger partial charge in [0.1, 0.15) is 0 Å². The number of morpholine rings is 1. The molecule has 0 radical (unpaired) electrons. The summed E-state index contributed by atoms with van der Waals surface area (Å²) in [6.07, 6.45) is -10.6. The maximum Gasteiger partial charge on any atom is 0.426 e. The van der Waals surface area contributed by atoms with Crippen LogP contribution >= 0.6 is 0 Å². The van der Waals surface area contributed by atoms with Gasteiger partial charge in [-0.25, -0.2) is 0 Å². The first-order valence-corrected chi connectivity index (χ1v) is 8.14. The highest BCUT2D eigenvalue weighted by Crippen LogP contribution is 2.56. The molecule has 0 aromatic carbocycles. The largest absolute Gasteiger partial charge is 0.426 e. The first-order chi connectivity index (χ1) is 11.7. The van der Waals surface area contributed by atoms with Crippen LogP contribution in [0.1, 0.15) is 27.2 Å². The van der Waals surface area contributed by atoms with Crippen LogP contribution in [0.25, 0.3) is 0 Å². The van der Waals surface area contributed by atoms with Gasteiger partial charge < -0.3 is 9.84 Å². The predicted octanol–water partition coefficient (Wildman–Crippen LogP) is 3.52. The van der Waals surface area contributed by atoms with Crippen LogP contribution in [0.4, 0.5) is 26.3 Å². The molecule has 0 saturated carbocycles. The second-order valence-electron chi connectivity index (χ2n) is 7.44. The first-order valence-electron chi connectivity index (χ1n) is 8.14. The van der Waals surface area contributed by atoms with Crippen molar-refractivity contribution in [2.75, 3.05) is 26.3 Å². The van der Waals surface area contributed by atoms with Crippen molar-refractivity contribution in [2.45, 2.75) is 45.1 Å². The smallest absolute Gasteiger partial charge is 0.378 e. The van der Waals surface area contributed by atoms with Crippen LogP contribution in [-0.4, -0.2) is 60.1 Å². The third-order valence-electron chi connectivity index (χ3n) is 4.73. The highest BCUT2D eigenvalue weighted by Gasteiger charge is 2.76. The van der Waals surface area contributed by atoms with Gasteiger partial charge in [-0.05, 0) is 24.8 Å². The van der Waals surface area contributed by atoms with E-state index in [1.807, 2.05) is 0 Å². The van der Waals surface area contributed by atoms with Crippen LogP contribution in [0.5, 0.6) is 0 Å². The number of halogens is 6. The molecule has 1 N–H and O–H groups in total. The van der Waals surface area contributed by atoms with Crippen LogP contribution in [0.15, 0.2) is 16.8 Å². The van der Waals surface area contributed by atoms with Crippen LogP contribution in [-0.2, 0) is 4.74 Å². The van der Waals surface area contributed by atoms with Crippen molar-refractivity contribution < 1.29 is 36.2 Å². The molecule has 150 valence electrons. The second kappa shape index (κ2) is 6.70. The lowest BCUT2D eigenvalue weighted by Gasteiger charge is -2.48. The van der Waals surface area contributed by atoms with Gasteiger partial charge in [0.15, 0.2) is 0 Å². The van der Waals surface area contributed by atoms with E-state index in [9.17, 15) is 31.4 Å². The molecule has 26 heavy (non-hydrogen) atoms. The lowest BCUT2D eigenvalue weighted by atomic mass is 9.61. The highest BCUT2D eigenvalue weighted by molar-refractivity contribution is 5.99. The van der Waals surface area contributed by atoms with E-state index in [-0.39, 0.29) is 32.7 Å².